The lowest BCUT2D eigenvalue weighted by atomic mass is 10.3. The average Bonchev–Trinajstić information content (AvgIpc) is 3.13. The van der Waals surface area contributed by atoms with E-state index in [1.165, 1.54) is 4.88 Å². The van der Waals surface area contributed by atoms with Crippen molar-refractivity contribution in [1.82, 2.24) is 9.88 Å². The summed E-state index contributed by atoms with van der Waals surface area (Å²) in [6.45, 7) is 0.640. The lowest BCUT2D eigenvalue weighted by molar-refractivity contribution is -0.125. The van der Waals surface area contributed by atoms with Crippen LogP contribution in [0, 0.1) is 0 Å². The minimum absolute atomic E-state index is 0.0114. The van der Waals surface area contributed by atoms with Crippen LogP contribution in [0.3, 0.4) is 0 Å². The Morgan fingerprint density at radius 1 is 1.29 bits per heavy atom. The number of nitrogens with zero attached hydrogens (tertiary/aromatic N) is 2. The molecule has 0 aliphatic carbocycles. The molecule has 0 spiro atoms. The molecule has 2 heterocycles. The van der Waals surface area contributed by atoms with Gasteiger partial charge in [0.25, 0.3) is 0 Å². The van der Waals surface area contributed by atoms with Crippen molar-refractivity contribution in [1.29, 1.82) is 0 Å². The molecular weight excluding hydrogens is 300 g/mol. The third-order valence-corrected chi connectivity index (χ3v) is 4.89. The minimum Gasteiger partial charge on any atom is -0.337 e. The Hall–Kier alpha value is -1.98. The molecule has 3 nitrogen and oxygen atoms in total. The molecule has 1 aromatic carbocycles. The number of hydrogen-bond acceptors (Lipinski definition) is 4. The van der Waals surface area contributed by atoms with Crippen molar-refractivity contribution >= 4 is 44.9 Å². The zero-order valence-corrected chi connectivity index (χ0v) is 13.2. The Morgan fingerprint density at radius 3 is 2.90 bits per heavy atom. The summed E-state index contributed by atoms with van der Waals surface area (Å²) < 4.78 is 1.14. The van der Waals surface area contributed by atoms with Crippen molar-refractivity contribution in [3.8, 4) is 0 Å². The highest BCUT2D eigenvalue weighted by atomic mass is 32.1. The zero-order valence-electron chi connectivity index (χ0n) is 11.5. The Bertz CT molecular complexity index is 742. The van der Waals surface area contributed by atoms with Crippen LogP contribution in [0.1, 0.15) is 9.88 Å². The number of likely N-dealkylation sites (N-methyl/N-ethyl adjacent to an activating group) is 1. The second kappa shape index (κ2) is 6.20. The molecule has 21 heavy (non-hydrogen) atoms. The van der Waals surface area contributed by atoms with E-state index in [0.717, 1.165) is 15.2 Å². The number of benzene rings is 1. The van der Waals surface area contributed by atoms with E-state index < -0.39 is 0 Å². The number of para-hydroxylation sites is 1. The molecule has 2 aromatic heterocycles. The summed E-state index contributed by atoms with van der Waals surface area (Å²) in [7, 11) is 1.81. The van der Waals surface area contributed by atoms with Gasteiger partial charge < -0.3 is 4.90 Å². The van der Waals surface area contributed by atoms with E-state index in [2.05, 4.69) is 4.98 Å². The van der Waals surface area contributed by atoms with Gasteiger partial charge in [-0.25, -0.2) is 4.98 Å². The first-order valence-electron chi connectivity index (χ1n) is 6.53. The predicted octanol–water partition coefficient (Wildman–Crippen LogP) is 4.03. The van der Waals surface area contributed by atoms with Crippen LogP contribution in [0.25, 0.3) is 16.3 Å². The lowest BCUT2D eigenvalue weighted by Crippen LogP contribution is -2.23. The van der Waals surface area contributed by atoms with Crippen molar-refractivity contribution < 1.29 is 4.79 Å². The summed E-state index contributed by atoms with van der Waals surface area (Å²) in [5, 5.41) is 2.87. The molecule has 0 saturated heterocycles. The van der Waals surface area contributed by atoms with Gasteiger partial charge in [0, 0.05) is 18.0 Å². The topological polar surface area (TPSA) is 33.2 Å². The molecule has 0 N–H and O–H groups in total. The van der Waals surface area contributed by atoms with Crippen molar-refractivity contribution in [2.75, 3.05) is 7.05 Å². The standard InChI is InChI=1S/C16H14N2OS2/c1-18(11-12-5-4-10-20-12)16(19)9-8-15-17-13-6-2-3-7-14(13)21-15/h2-10H,11H2,1H3. The van der Waals surface area contributed by atoms with E-state index in [9.17, 15) is 4.79 Å². The number of carbonyl (C=O) groups is 1. The summed E-state index contributed by atoms with van der Waals surface area (Å²) in [6, 6.07) is 12.0. The predicted molar refractivity (Wildman–Crippen MR) is 89.4 cm³/mol. The van der Waals surface area contributed by atoms with Crippen molar-refractivity contribution in [3.05, 3.63) is 57.7 Å². The highest BCUT2D eigenvalue weighted by Gasteiger charge is 2.07. The number of aromatic nitrogens is 1. The molecule has 3 rings (SSSR count). The Labute approximate surface area is 131 Å². The van der Waals surface area contributed by atoms with Gasteiger partial charge in [-0.3, -0.25) is 4.79 Å². The third kappa shape index (κ3) is 3.37. The second-order valence-electron chi connectivity index (χ2n) is 4.63. The number of fused-ring (bicyclic) bond motifs is 1. The van der Waals surface area contributed by atoms with Gasteiger partial charge in [0.15, 0.2) is 0 Å². The summed E-state index contributed by atoms with van der Waals surface area (Å²) in [5.74, 6) is -0.0114. The first-order chi connectivity index (χ1) is 10.2. The smallest absolute Gasteiger partial charge is 0.246 e. The van der Waals surface area contributed by atoms with Gasteiger partial charge in [-0.15, -0.1) is 22.7 Å². The fourth-order valence-corrected chi connectivity index (χ4v) is 3.57. The maximum absolute atomic E-state index is 12.1. The molecule has 0 fully saturated rings. The van der Waals surface area contributed by atoms with Gasteiger partial charge in [0.1, 0.15) is 5.01 Å². The van der Waals surface area contributed by atoms with E-state index in [4.69, 9.17) is 0 Å². The highest BCUT2D eigenvalue weighted by Crippen LogP contribution is 2.22. The van der Waals surface area contributed by atoms with Crippen molar-refractivity contribution in [3.63, 3.8) is 0 Å². The van der Waals surface area contributed by atoms with E-state index in [1.807, 2.05) is 48.8 Å². The summed E-state index contributed by atoms with van der Waals surface area (Å²) in [6.07, 6.45) is 3.38. The van der Waals surface area contributed by atoms with Gasteiger partial charge in [0.2, 0.25) is 5.91 Å². The third-order valence-electron chi connectivity index (χ3n) is 3.03. The SMILES string of the molecule is CN(Cc1cccs1)C(=O)C=Cc1nc2ccccc2s1. The first kappa shape index (κ1) is 14.0. The molecule has 0 aliphatic heterocycles. The largest absolute Gasteiger partial charge is 0.337 e. The number of thiazole rings is 1. The molecule has 0 bridgehead atoms. The van der Waals surface area contributed by atoms with Crippen LogP contribution in [0.5, 0.6) is 0 Å². The van der Waals surface area contributed by atoms with Crippen molar-refractivity contribution in [2.45, 2.75) is 6.54 Å². The first-order valence-corrected chi connectivity index (χ1v) is 8.23. The molecule has 3 aromatic rings. The molecule has 106 valence electrons. The van der Waals surface area contributed by atoms with Crippen molar-refractivity contribution in [2.24, 2.45) is 0 Å². The maximum atomic E-state index is 12.1. The Morgan fingerprint density at radius 2 is 2.14 bits per heavy atom. The van der Waals surface area contributed by atoms with Crippen LogP contribution in [0.4, 0.5) is 0 Å². The number of carbonyl (C=O) groups excluding carboxylic acids is 1. The van der Waals surface area contributed by atoms with Crippen LogP contribution in [0.2, 0.25) is 0 Å². The zero-order chi connectivity index (χ0) is 14.7. The number of thiophene rings is 1. The van der Waals surface area contributed by atoms with Gasteiger partial charge >= 0.3 is 0 Å². The molecule has 0 atom stereocenters. The van der Waals surface area contributed by atoms with E-state index in [1.54, 1.807) is 39.7 Å². The van der Waals surface area contributed by atoms with Crippen LogP contribution in [0.15, 0.2) is 47.9 Å². The number of amides is 1. The van der Waals surface area contributed by atoms with E-state index >= 15 is 0 Å². The molecule has 0 aliphatic rings. The fraction of sp³-hybridized carbons (Fsp3) is 0.125. The van der Waals surface area contributed by atoms with Crippen LogP contribution in [-0.2, 0) is 11.3 Å². The Balaban J connectivity index is 1.68. The van der Waals surface area contributed by atoms with Gasteiger partial charge in [-0.1, -0.05) is 18.2 Å². The average molecular weight is 314 g/mol. The molecule has 0 unspecified atom stereocenters. The van der Waals surface area contributed by atoms with Crippen LogP contribution >= 0.6 is 22.7 Å². The Kier molecular flexibility index (Phi) is 4.13. The monoisotopic (exact) mass is 314 g/mol. The summed E-state index contributed by atoms with van der Waals surface area (Å²) in [4.78, 5) is 19.4. The molecule has 0 saturated carbocycles. The van der Waals surface area contributed by atoms with Gasteiger partial charge in [0.05, 0.1) is 16.8 Å². The highest BCUT2D eigenvalue weighted by molar-refractivity contribution is 7.19. The number of hydrogen-bond donors (Lipinski definition) is 0. The maximum Gasteiger partial charge on any atom is 0.246 e. The lowest BCUT2D eigenvalue weighted by Gasteiger charge is -2.13. The van der Waals surface area contributed by atoms with Crippen LogP contribution in [-0.4, -0.2) is 22.8 Å². The van der Waals surface area contributed by atoms with Gasteiger partial charge in [-0.05, 0) is 29.7 Å². The van der Waals surface area contributed by atoms with Gasteiger partial charge in [-0.2, -0.15) is 0 Å². The molecule has 0 radical (unpaired) electrons. The quantitative estimate of drug-likeness (QED) is 0.681. The summed E-state index contributed by atoms with van der Waals surface area (Å²) >= 11 is 3.25. The summed E-state index contributed by atoms with van der Waals surface area (Å²) in [5.41, 5.74) is 0.974. The minimum atomic E-state index is -0.0114. The van der Waals surface area contributed by atoms with E-state index in [0.29, 0.717) is 6.54 Å². The normalized spacial score (nSPS) is 11.3. The fourth-order valence-electron chi connectivity index (χ4n) is 1.95. The second-order valence-corrected chi connectivity index (χ2v) is 6.72. The number of rotatable bonds is 4. The molecular formula is C16H14N2OS2. The van der Waals surface area contributed by atoms with Crippen LogP contribution < -0.4 is 0 Å². The van der Waals surface area contributed by atoms with E-state index in [-0.39, 0.29) is 5.91 Å². The molecule has 1 amide bonds. The molecule has 5 heteroatoms.